The molecule has 5 aliphatic heterocycles. The van der Waals surface area contributed by atoms with Gasteiger partial charge < -0.3 is 31.5 Å². The average Bonchev–Trinajstić information content (AvgIpc) is 3.53. The molecule has 382 valence electrons. The predicted octanol–water partition coefficient (Wildman–Crippen LogP) is 8.00. The first-order valence-electron chi connectivity index (χ1n) is 24.7. The third kappa shape index (κ3) is 9.03. The first kappa shape index (κ1) is 50.2. The number of carbonyl (C=O) groups is 5. The monoisotopic (exact) mass is 1020 g/mol. The highest BCUT2D eigenvalue weighted by molar-refractivity contribution is 6.30. The number of rotatable bonds is 7. The van der Waals surface area contributed by atoms with Crippen molar-refractivity contribution in [3.63, 3.8) is 0 Å². The lowest BCUT2D eigenvalue weighted by Gasteiger charge is -2.39. The highest BCUT2D eigenvalue weighted by atomic mass is 35.5. The highest BCUT2D eigenvalue weighted by Crippen LogP contribution is 2.60. The van der Waals surface area contributed by atoms with Crippen LogP contribution in [0, 0.1) is 34.4 Å². The summed E-state index contributed by atoms with van der Waals surface area (Å²) in [5, 5.41) is 11.9. The fourth-order valence-electron chi connectivity index (χ4n) is 12.2. The summed E-state index contributed by atoms with van der Waals surface area (Å²) in [5.41, 5.74) is 7.05. The maximum absolute atomic E-state index is 16.4. The van der Waals surface area contributed by atoms with Crippen LogP contribution in [0.3, 0.4) is 0 Å². The Kier molecular flexibility index (Phi) is 12.3. The molecule has 18 heteroatoms. The quantitative estimate of drug-likeness (QED) is 0.0697. The summed E-state index contributed by atoms with van der Waals surface area (Å²) in [7, 11) is 0. The Morgan fingerprint density at radius 1 is 1.00 bits per heavy atom. The number of aromatic nitrogens is 1. The van der Waals surface area contributed by atoms with E-state index in [0.717, 1.165) is 36.5 Å². The smallest absolute Gasteiger partial charge is 0.384 e. The van der Waals surface area contributed by atoms with Gasteiger partial charge in [-0.1, -0.05) is 62.4 Å². The molecule has 3 aromatic carbocycles. The Morgan fingerprint density at radius 3 is 2.44 bits per heavy atom. The number of nitrogens with one attached hydrogen (secondary N) is 4. The van der Waals surface area contributed by atoms with Gasteiger partial charge in [0.05, 0.1) is 11.1 Å². The van der Waals surface area contributed by atoms with Crippen LogP contribution < -0.4 is 27.0 Å². The molecule has 0 bridgehead atoms. The minimum atomic E-state index is -4.71. The number of hydrogen-bond donors (Lipinski definition) is 5. The van der Waals surface area contributed by atoms with Crippen molar-refractivity contribution in [2.75, 3.05) is 30.3 Å². The maximum Gasteiger partial charge on any atom is 0.433 e. The topological polar surface area (TPSA) is 179 Å². The maximum atomic E-state index is 16.4. The van der Waals surface area contributed by atoms with Crippen molar-refractivity contribution in [2.24, 2.45) is 22.5 Å². The minimum absolute atomic E-state index is 0.0430. The van der Waals surface area contributed by atoms with E-state index in [4.69, 9.17) is 17.3 Å². The largest absolute Gasteiger partial charge is 0.433 e. The summed E-state index contributed by atoms with van der Waals surface area (Å²) < 4.78 is 58.3. The molecule has 6 N–H and O–H groups in total. The molecule has 6 atom stereocenters. The Morgan fingerprint density at radius 2 is 1.74 bits per heavy atom. The van der Waals surface area contributed by atoms with E-state index in [0.29, 0.717) is 47.5 Å². The van der Waals surface area contributed by atoms with Crippen LogP contribution in [0.25, 0.3) is 0 Å². The molecule has 6 aliphatic rings. The molecule has 2 spiro atoms. The molecular weight excluding hydrogens is 964 g/mol. The number of likely N-dealkylation sites (tertiary alicyclic amines) is 1. The van der Waals surface area contributed by atoms with Gasteiger partial charge in [-0.15, -0.1) is 0 Å². The molecule has 0 radical (unpaired) electrons. The Hall–Kier alpha value is -6.35. The van der Waals surface area contributed by atoms with E-state index in [1.54, 1.807) is 56.3 Å². The molecule has 6 heterocycles. The minimum Gasteiger partial charge on any atom is -0.384 e. The first-order chi connectivity index (χ1) is 34.4. The molecule has 4 fully saturated rings. The van der Waals surface area contributed by atoms with Crippen LogP contribution >= 0.6 is 11.6 Å². The molecule has 1 aromatic heterocycles. The molecule has 0 unspecified atom stereocenters. The number of pyridine rings is 1. The number of imide groups is 1. The van der Waals surface area contributed by atoms with Crippen LogP contribution in [-0.4, -0.2) is 82.1 Å². The second kappa shape index (κ2) is 17.9. The summed E-state index contributed by atoms with van der Waals surface area (Å²) in [6, 6.07) is 13.5. The first-order valence-corrected chi connectivity index (χ1v) is 25.1. The van der Waals surface area contributed by atoms with E-state index in [-0.39, 0.29) is 76.7 Å². The van der Waals surface area contributed by atoms with E-state index < -0.39 is 64.5 Å². The van der Waals surface area contributed by atoms with E-state index in [1.807, 2.05) is 31.7 Å². The Balaban J connectivity index is 0.865. The van der Waals surface area contributed by atoms with Crippen molar-refractivity contribution in [3.05, 3.63) is 122 Å². The number of alkyl halides is 3. The molecule has 10 rings (SSSR count). The van der Waals surface area contributed by atoms with Gasteiger partial charge in [-0.3, -0.25) is 34.3 Å². The SMILES string of the molecule is CC(C)(C)C[C@@H]1N[C@@H](C(=O)Nc2ccc(C(=O)N3CCC4(CC3)C[C@@H]4C#Cc3cccc4c3CN([C@H]3CCC(=O)NC3=O)C4=O)cc2C(C)(C)N)[C@H](c2cccc(Cl)c2F)[C@]12CNc1cc(C(F)(F)F)ncc12. The summed E-state index contributed by atoms with van der Waals surface area (Å²) >= 11 is 6.41. The van der Waals surface area contributed by atoms with E-state index >= 15 is 4.39 Å². The fraction of sp³-hybridized carbons (Fsp3) is 0.455. The van der Waals surface area contributed by atoms with Crippen molar-refractivity contribution >= 4 is 52.5 Å². The lowest BCUT2D eigenvalue weighted by Crippen LogP contribution is -2.52. The normalized spacial score (nSPS) is 25.2. The number of fused-ring (bicyclic) bond motifs is 3. The summed E-state index contributed by atoms with van der Waals surface area (Å²) in [4.78, 5) is 74.1. The van der Waals surface area contributed by atoms with Crippen LogP contribution in [0.5, 0.6) is 0 Å². The molecular formula is C55H57ClF4N8O5. The van der Waals surface area contributed by atoms with Gasteiger partial charge in [0.15, 0.2) is 0 Å². The van der Waals surface area contributed by atoms with E-state index in [1.165, 1.54) is 17.2 Å². The standard InChI is InChI=1S/C55H57ClF4N8O5/c1-51(2,3)25-42-54(28-63-39-23-41(55(58,59)60)62-26-36(39)54)44(33-10-7-11-37(56)45(33)57)46(65-42)48(71)64-38-15-13-30(22-35(38)52(4,5)61)49(72)67-20-18-53(19-21-67)24-31(53)14-12-29-8-6-9-32-34(29)27-68(50(32)73)40-16-17-43(69)66-47(40)70/h6-11,13,15,22-23,26,31,40,42,44,46,63,65H,16-21,24-25,27-28,61H2,1-5H3,(H,64,71)(H,66,69,70)/t31-,40-,42-,44-,46+,54-/m0/s1. The number of nitrogens with zero attached hydrogens (tertiary/aromatic N) is 3. The fourth-order valence-corrected chi connectivity index (χ4v) is 12.3. The third-order valence-corrected chi connectivity index (χ3v) is 16.3. The summed E-state index contributed by atoms with van der Waals surface area (Å²) in [6.45, 7) is 10.9. The van der Waals surface area contributed by atoms with Gasteiger partial charge >= 0.3 is 6.18 Å². The van der Waals surface area contributed by atoms with Crippen LogP contribution in [0.2, 0.25) is 5.02 Å². The average molecular weight is 1020 g/mol. The van der Waals surface area contributed by atoms with Gasteiger partial charge in [0.1, 0.15) is 17.6 Å². The molecule has 1 saturated carbocycles. The Labute approximate surface area is 425 Å². The van der Waals surface area contributed by atoms with Gasteiger partial charge in [0.25, 0.3) is 11.8 Å². The Bertz CT molecular complexity index is 3060. The molecule has 4 aromatic rings. The molecule has 73 heavy (non-hydrogen) atoms. The van der Waals surface area contributed by atoms with Crippen molar-refractivity contribution in [3.8, 4) is 11.8 Å². The zero-order valence-corrected chi connectivity index (χ0v) is 41.9. The van der Waals surface area contributed by atoms with Crippen molar-refractivity contribution in [2.45, 2.75) is 121 Å². The van der Waals surface area contributed by atoms with Gasteiger partial charge in [-0.25, -0.2) is 4.39 Å². The number of nitrogens with two attached hydrogens (primary N) is 1. The number of hydrogen-bond acceptors (Lipinski definition) is 9. The van der Waals surface area contributed by atoms with Crippen molar-refractivity contribution in [1.82, 2.24) is 25.4 Å². The number of benzene rings is 3. The summed E-state index contributed by atoms with van der Waals surface area (Å²) in [5.74, 6) is 3.38. The zero-order valence-electron chi connectivity index (χ0n) is 41.2. The van der Waals surface area contributed by atoms with Gasteiger partial charge in [-0.2, -0.15) is 13.2 Å². The van der Waals surface area contributed by atoms with Crippen LogP contribution in [-0.2, 0) is 38.1 Å². The van der Waals surface area contributed by atoms with E-state index in [2.05, 4.69) is 38.1 Å². The molecule has 1 aliphatic carbocycles. The number of anilines is 2. The van der Waals surface area contributed by atoms with Gasteiger partial charge in [0.2, 0.25) is 17.7 Å². The van der Waals surface area contributed by atoms with Crippen molar-refractivity contribution in [1.29, 1.82) is 0 Å². The lowest BCUT2D eigenvalue weighted by atomic mass is 9.63. The molecule has 13 nitrogen and oxygen atoms in total. The van der Waals surface area contributed by atoms with Gasteiger partial charge in [-0.05, 0) is 116 Å². The van der Waals surface area contributed by atoms with Crippen LogP contribution in [0.1, 0.15) is 133 Å². The number of piperidine rings is 2. The second-order valence-corrected chi connectivity index (χ2v) is 22.9. The van der Waals surface area contributed by atoms with Crippen LogP contribution in [0.4, 0.5) is 28.9 Å². The lowest BCUT2D eigenvalue weighted by molar-refractivity contribution is -0.141. The zero-order chi connectivity index (χ0) is 52.2. The third-order valence-electron chi connectivity index (χ3n) is 16.0. The number of halogens is 5. The van der Waals surface area contributed by atoms with Crippen molar-refractivity contribution < 1.29 is 41.5 Å². The number of amides is 5. The van der Waals surface area contributed by atoms with Gasteiger partial charge in [0, 0.05) is 101 Å². The predicted molar refractivity (Wildman–Crippen MR) is 266 cm³/mol. The van der Waals surface area contributed by atoms with Crippen LogP contribution in [0.15, 0.2) is 66.9 Å². The highest BCUT2D eigenvalue weighted by Gasteiger charge is 2.62. The van der Waals surface area contributed by atoms with E-state index in [9.17, 15) is 37.1 Å². The molecule has 5 amide bonds. The molecule has 3 saturated heterocycles. The second-order valence-electron chi connectivity index (χ2n) is 22.5. The summed E-state index contributed by atoms with van der Waals surface area (Å²) in [6.07, 6.45) is -0.239. The number of carbonyl (C=O) groups excluding carboxylic acids is 5.